The van der Waals surface area contributed by atoms with Gasteiger partial charge in [-0.15, -0.1) is 10.2 Å². The molecule has 114 valence electrons. The molecule has 0 saturated carbocycles. The van der Waals surface area contributed by atoms with Crippen molar-refractivity contribution in [2.45, 2.75) is 10.8 Å². The number of fused-ring (bicyclic) bond motifs is 1. The molecule has 0 aliphatic rings. The van der Waals surface area contributed by atoms with Gasteiger partial charge in [0.2, 0.25) is 0 Å². The summed E-state index contributed by atoms with van der Waals surface area (Å²) in [4.78, 5) is 0. The Morgan fingerprint density at radius 3 is 2.78 bits per heavy atom. The lowest BCUT2D eigenvalue weighted by Gasteiger charge is -2.03. The van der Waals surface area contributed by atoms with E-state index in [2.05, 4.69) is 15.3 Å². The van der Waals surface area contributed by atoms with Gasteiger partial charge in [-0.05, 0) is 36.4 Å². The van der Waals surface area contributed by atoms with Crippen LogP contribution in [0.5, 0.6) is 0 Å². The van der Waals surface area contributed by atoms with Crippen LogP contribution in [0, 0.1) is 0 Å². The third kappa shape index (κ3) is 2.83. The Balaban J connectivity index is 1.70. The first-order chi connectivity index (χ1) is 11.3. The van der Waals surface area contributed by atoms with Crippen LogP contribution in [0.4, 0.5) is 0 Å². The van der Waals surface area contributed by atoms with Gasteiger partial charge >= 0.3 is 0 Å². The van der Waals surface area contributed by atoms with Crippen LogP contribution in [0.2, 0.25) is 5.02 Å². The number of halogens is 1. The van der Waals surface area contributed by atoms with E-state index < -0.39 is 0 Å². The maximum atomic E-state index is 6.26. The maximum absolute atomic E-state index is 6.26. The SMILES string of the molecule is Clc1ccccc1-c1nnc2ccc(SCc3ccco3)nn12. The Bertz CT molecular complexity index is 952. The molecule has 1 aromatic carbocycles. The van der Waals surface area contributed by atoms with E-state index in [4.69, 9.17) is 16.0 Å². The summed E-state index contributed by atoms with van der Waals surface area (Å²) in [6.07, 6.45) is 1.67. The fourth-order valence-corrected chi connectivity index (χ4v) is 3.18. The van der Waals surface area contributed by atoms with Crippen LogP contribution in [0.25, 0.3) is 17.0 Å². The van der Waals surface area contributed by atoms with E-state index in [9.17, 15) is 0 Å². The summed E-state index contributed by atoms with van der Waals surface area (Å²) in [6, 6.07) is 15.2. The predicted octanol–water partition coefficient (Wildman–Crippen LogP) is 4.33. The van der Waals surface area contributed by atoms with Crippen molar-refractivity contribution >= 4 is 29.0 Å². The molecule has 4 aromatic rings. The van der Waals surface area contributed by atoms with Gasteiger partial charge in [0, 0.05) is 5.56 Å². The second-order valence-electron chi connectivity index (χ2n) is 4.81. The highest BCUT2D eigenvalue weighted by Crippen LogP contribution is 2.27. The van der Waals surface area contributed by atoms with Crippen molar-refractivity contribution in [3.8, 4) is 11.4 Å². The zero-order valence-electron chi connectivity index (χ0n) is 11.9. The van der Waals surface area contributed by atoms with Crippen molar-refractivity contribution in [2.75, 3.05) is 0 Å². The number of aromatic nitrogens is 4. The average molecular weight is 343 g/mol. The molecule has 0 aliphatic carbocycles. The summed E-state index contributed by atoms with van der Waals surface area (Å²) >= 11 is 7.85. The Kier molecular flexibility index (Phi) is 3.77. The van der Waals surface area contributed by atoms with Crippen LogP contribution < -0.4 is 0 Å². The lowest BCUT2D eigenvalue weighted by molar-refractivity contribution is 0.530. The van der Waals surface area contributed by atoms with Crippen molar-refractivity contribution in [1.29, 1.82) is 0 Å². The third-order valence-electron chi connectivity index (χ3n) is 3.30. The van der Waals surface area contributed by atoms with Crippen molar-refractivity contribution in [3.63, 3.8) is 0 Å². The van der Waals surface area contributed by atoms with Crippen LogP contribution in [-0.4, -0.2) is 19.8 Å². The van der Waals surface area contributed by atoms with Crippen LogP contribution in [0.15, 0.2) is 64.2 Å². The normalized spacial score (nSPS) is 11.2. The van der Waals surface area contributed by atoms with E-state index >= 15 is 0 Å². The molecule has 0 atom stereocenters. The van der Waals surface area contributed by atoms with Gasteiger partial charge in [0.25, 0.3) is 0 Å². The molecule has 0 N–H and O–H groups in total. The third-order valence-corrected chi connectivity index (χ3v) is 4.57. The molecule has 5 nitrogen and oxygen atoms in total. The van der Waals surface area contributed by atoms with Crippen molar-refractivity contribution in [1.82, 2.24) is 19.8 Å². The Morgan fingerprint density at radius 1 is 1.04 bits per heavy atom. The Labute approximate surface area is 141 Å². The van der Waals surface area contributed by atoms with Gasteiger partial charge in [-0.25, -0.2) is 0 Å². The predicted molar refractivity (Wildman–Crippen MR) is 89.5 cm³/mol. The summed E-state index contributed by atoms with van der Waals surface area (Å²) in [6.45, 7) is 0. The summed E-state index contributed by atoms with van der Waals surface area (Å²) in [5.74, 6) is 2.26. The molecular weight excluding hydrogens is 332 g/mol. The molecular formula is C16H11ClN4OS. The van der Waals surface area contributed by atoms with Crippen LogP contribution in [0.3, 0.4) is 0 Å². The molecule has 0 radical (unpaired) electrons. The Hall–Kier alpha value is -2.31. The molecule has 4 rings (SSSR count). The standard InChI is InChI=1S/C16H11ClN4OS/c17-13-6-2-1-5-12(13)16-19-18-14-7-8-15(20-21(14)16)23-10-11-4-3-9-22-11/h1-9H,10H2. The number of rotatable bonds is 4. The van der Waals surface area contributed by atoms with Crippen molar-refractivity contribution in [3.05, 3.63) is 65.6 Å². The molecule has 0 amide bonds. The van der Waals surface area contributed by atoms with Gasteiger partial charge in [0.05, 0.1) is 17.0 Å². The molecule has 23 heavy (non-hydrogen) atoms. The summed E-state index contributed by atoms with van der Waals surface area (Å²) < 4.78 is 7.05. The van der Waals surface area contributed by atoms with E-state index in [1.807, 2.05) is 48.5 Å². The number of benzene rings is 1. The van der Waals surface area contributed by atoms with Crippen LogP contribution in [0.1, 0.15) is 5.76 Å². The van der Waals surface area contributed by atoms with E-state index in [1.54, 1.807) is 22.5 Å². The molecule has 0 bridgehead atoms. The quantitative estimate of drug-likeness (QED) is 0.517. The smallest absolute Gasteiger partial charge is 0.186 e. The minimum atomic E-state index is 0.622. The molecule has 7 heteroatoms. The molecule has 0 aliphatic heterocycles. The van der Waals surface area contributed by atoms with Gasteiger partial charge in [0.15, 0.2) is 11.5 Å². The van der Waals surface area contributed by atoms with Gasteiger partial charge in [-0.2, -0.15) is 9.61 Å². The first kappa shape index (κ1) is 14.3. The molecule has 0 unspecified atom stereocenters. The highest BCUT2D eigenvalue weighted by Gasteiger charge is 2.13. The maximum Gasteiger partial charge on any atom is 0.186 e. The van der Waals surface area contributed by atoms with Crippen molar-refractivity contribution < 1.29 is 4.42 Å². The fraction of sp³-hybridized carbons (Fsp3) is 0.0625. The largest absolute Gasteiger partial charge is 0.468 e. The highest BCUT2D eigenvalue weighted by atomic mass is 35.5. The van der Waals surface area contributed by atoms with Gasteiger partial charge in [-0.3, -0.25) is 0 Å². The number of thioether (sulfide) groups is 1. The highest BCUT2D eigenvalue weighted by molar-refractivity contribution is 7.98. The first-order valence-electron chi connectivity index (χ1n) is 6.94. The summed E-state index contributed by atoms with van der Waals surface area (Å²) in [5, 5.41) is 14.5. The minimum absolute atomic E-state index is 0.622. The minimum Gasteiger partial charge on any atom is -0.468 e. The van der Waals surface area contributed by atoms with E-state index in [0.717, 1.165) is 22.1 Å². The fourth-order valence-electron chi connectivity index (χ4n) is 2.20. The zero-order chi connectivity index (χ0) is 15.6. The second kappa shape index (κ2) is 6.06. The van der Waals surface area contributed by atoms with Gasteiger partial charge < -0.3 is 4.42 Å². The average Bonchev–Trinajstić information content (AvgIpc) is 3.23. The van der Waals surface area contributed by atoms with E-state index in [0.29, 0.717) is 16.5 Å². The topological polar surface area (TPSA) is 56.2 Å². The van der Waals surface area contributed by atoms with Crippen molar-refractivity contribution in [2.24, 2.45) is 0 Å². The monoisotopic (exact) mass is 342 g/mol. The first-order valence-corrected chi connectivity index (χ1v) is 8.30. The van der Waals surface area contributed by atoms with Gasteiger partial charge in [0.1, 0.15) is 10.8 Å². The molecule has 0 fully saturated rings. The molecule has 0 spiro atoms. The lowest BCUT2D eigenvalue weighted by atomic mass is 10.2. The lowest BCUT2D eigenvalue weighted by Crippen LogP contribution is -1.97. The number of hydrogen-bond acceptors (Lipinski definition) is 5. The zero-order valence-corrected chi connectivity index (χ0v) is 13.5. The van der Waals surface area contributed by atoms with Crippen LogP contribution in [-0.2, 0) is 5.75 Å². The van der Waals surface area contributed by atoms with Crippen LogP contribution >= 0.6 is 23.4 Å². The summed E-state index contributed by atoms with van der Waals surface area (Å²) in [5.41, 5.74) is 1.49. The van der Waals surface area contributed by atoms with E-state index in [-0.39, 0.29) is 0 Å². The number of furan rings is 1. The summed E-state index contributed by atoms with van der Waals surface area (Å²) in [7, 11) is 0. The van der Waals surface area contributed by atoms with E-state index in [1.165, 1.54) is 0 Å². The molecule has 0 saturated heterocycles. The number of nitrogens with zero attached hydrogens (tertiary/aromatic N) is 4. The molecule has 3 aromatic heterocycles. The van der Waals surface area contributed by atoms with Gasteiger partial charge in [-0.1, -0.05) is 35.5 Å². The second-order valence-corrected chi connectivity index (χ2v) is 6.22. The Morgan fingerprint density at radius 2 is 1.96 bits per heavy atom. The molecule has 3 heterocycles. The number of hydrogen-bond donors (Lipinski definition) is 0.